The van der Waals surface area contributed by atoms with E-state index in [9.17, 15) is 8.42 Å². The molecule has 96 valence electrons. The van der Waals surface area contributed by atoms with Gasteiger partial charge in [0.25, 0.3) is 0 Å². The van der Waals surface area contributed by atoms with Crippen molar-refractivity contribution in [2.45, 2.75) is 44.0 Å². The number of ether oxygens (including phenoxy) is 1. The molecule has 1 fully saturated rings. The second kappa shape index (κ2) is 5.47. The molecule has 16 heavy (non-hydrogen) atoms. The third-order valence-electron chi connectivity index (χ3n) is 3.29. The van der Waals surface area contributed by atoms with Crippen molar-refractivity contribution in [3.8, 4) is 0 Å². The van der Waals surface area contributed by atoms with Crippen molar-refractivity contribution >= 4 is 9.84 Å². The summed E-state index contributed by atoms with van der Waals surface area (Å²) in [6.07, 6.45) is 2.51. The van der Waals surface area contributed by atoms with Gasteiger partial charge in [-0.2, -0.15) is 0 Å². The molecule has 5 heteroatoms. The summed E-state index contributed by atoms with van der Waals surface area (Å²) in [5.74, 6) is 0.364. The first-order valence-corrected chi connectivity index (χ1v) is 7.56. The molecule has 0 saturated carbocycles. The Labute approximate surface area is 98.7 Å². The third kappa shape index (κ3) is 4.03. The van der Waals surface area contributed by atoms with Gasteiger partial charge in [-0.25, -0.2) is 8.42 Å². The Hall–Kier alpha value is -0.130. The van der Waals surface area contributed by atoms with E-state index in [2.05, 4.69) is 5.32 Å². The van der Waals surface area contributed by atoms with Crippen molar-refractivity contribution in [2.75, 3.05) is 26.0 Å². The lowest BCUT2D eigenvalue weighted by Crippen LogP contribution is -2.34. The van der Waals surface area contributed by atoms with Gasteiger partial charge in [-0.15, -0.1) is 0 Å². The monoisotopic (exact) mass is 249 g/mol. The Morgan fingerprint density at radius 1 is 1.44 bits per heavy atom. The zero-order valence-electron chi connectivity index (χ0n) is 10.5. The van der Waals surface area contributed by atoms with Crippen molar-refractivity contribution in [3.63, 3.8) is 0 Å². The van der Waals surface area contributed by atoms with E-state index in [1.165, 1.54) is 0 Å². The Kier molecular flexibility index (Phi) is 4.76. The van der Waals surface area contributed by atoms with Crippen LogP contribution in [0.4, 0.5) is 0 Å². The van der Waals surface area contributed by atoms with Gasteiger partial charge in [0.05, 0.1) is 16.6 Å². The molecular formula is C11H23NO3S. The maximum absolute atomic E-state index is 11.5. The molecule has 1 N–H and O–H groups in total. The van der Waals surface area contributed by atoms with Crippen molar-refractivity contribution in [1.82, 2.24) is 5.32 Å². The lowest BCUT2D eigenvalue weighted by Gasteiger charge is -2.23. The van der Waals surface area contributed by atoms with E-state index in [4.69, 9.17) is 4.74 Å². The predicted octanol–water partition coefficient (Wildman–Crippen LogP) is 0.968. The summed E-state index contributed by atoms with van der Waals surface area (Å²) in [5, 5.41) is 3.05. The molecule has 0 aliphatic carbocycles. The van der Waals surface area contributed by atoms with Gasteiger partial charge in [-0.1, -0.05) is 0 Å². The largest absolute Gasteiger partial charge is 0.379 e. The van der Waals surface area contributed by atoms with Crippen LogP contribution in [0.1, 0.15) is 33.1 Å². The first-order valence-electron chi connectivity index (χ1n) is 5.85. The van der Waals surface area contributed by atoms with Gasteiger partial charge < -0.3 is 10.1 Å². The number of hydrogen-bond donors (Lipinski definition) is 1. The highest BCUT2D eigenvalue weighted by atomic mass is 32.2. The highest BCUT2D eigenvalue weighted by Gasteiger charge is 2.30. The molecule has 1 atom stereocenters. The number of rotatable bonds is 6. The third-order valence-corrected chi connectivity index (χ3v) is 5.57. The molecule has 0 radical (unpaired) electrons. The molecule has 4 nitrogen and oxygen atoms in total. The van der Waals surface area contributed by atoms with Crippen LogP contribution in [0.2, 0.25) is 0 Å². The minimum atomic E-state index is -2.80. The SMILES string of the molecule is COC(C)(C)CCNCC1CCCS1(=O)=O. The van der Waals surface area contributed by atoms with E-state index >= 15 is 0 Å². The number of methoxy groups -OCH3 is 1. The van der Waals surface area contributed by atoms with E-state index in [-0.39, 0.29) is 10.9 Å². The first-order chi connectivity index (χ1) is 7.37. The molecule has 1 unspecified atom stereocenters. The maximum atomic E-state index is 11.5. The van der Waals surface area contributed by atoms with E-state index in [0.29, 0.717) is 12.3 Å². The topological polar surface area (TPSA) is 55.4 Å². The quantitative estimate of drug-likeness (QED) is 0.713. The van der Waals surface area contributed by atoms with E-state index < -0.39 is 9.84 Å². The molecule has 0 amide bonds. The fourth-order valence-corrected chi connectivity index (χ4v) is 3.64. The van der Waals surface area contributed by atoms with Crippen LogP contribution in [-0.2, 0) is 14.6 Å². The van der Waals surface area contributed by atoms with Crippen molar-refractivity contribution in [1.29, 1.82) is 0 Å². The fourth-order valence-electron chi connectivity index (χ4n) is 1.84. The van der Waals surface area contributed by atoms with Crippen molar-refractivity contribution in [3.05, 3.63) is 0 Å². The molecule has 0 aromatic carbocycles. The lowest BCUT2D eigenvalue weighted by atomic mass is 10.1. The van der Waals surface area contributed by atoms with Crippen LogP contribution in [0.15, 0.2) is 0 Å². The molecule has 1 aliphatic rings. The molecule has 1 saturated heterocycles. The summed E-state index contributed by atoms with van der Waals surface area (Å²) in [4.78, 5) is 0. The Morgan fingerprint density at radius 3 is 2.62 bits per heavy atom. The number of hydrogen-bond acceptors (Lipinski definition) is 4. The van der Waals surface area contributed by atoms with Gasteiger partial charge >= 0.3 is 0 Å². The number of sulfone groups is 1. The molecular weight excluding hydrogens is 226 g/mol. The van der Waals surface area contributed by atoms with Crippen LogP contribution in [0, 0.1) is 0 Å². The average molecular weight is 249 g/mol. The number of nitrogens with one attached hydrogen (secondary N) is 1. The smallest absolute Gasteiger partial charge is 0.154 e. The molecule has 1 rings (SSSR count). The zero-order chi connectivity index (χ0) is 12.2. The summed E-state index contributed by atoms with van der Waals surface area (Å²) in [6.45, 7) is 5.44. The second-order valence-corrected chi connectivity index (χ2v) is 7.45. The van der Waals surface area contributed by atoms with Crippen LogP contribution < -0.4 is 5.32 Å². The highest BCUT2D eigenvalue weighted by Crippen LogP contribution is 2.19. The van der Waals surface area contributed by atoms with Crippen LogP contribution in [0.25, 0.3) is 0 Å². The Morgan fingerprint density at radius 2 is 2.12 bits per heavy atom. The van der Waals surface area contributed by atoms with Gasteiger partial charge in [0.15, 0.2) is 9.84 Å². The van der Waals surface area contributed by atoms with Crippen LogP contribution in [0.5, 0.6) is 0 Å². The Balaban J connectivity index is 2.22. The minimum Gasteiger partial charge on any atom is -0.379 e. The fraction of sp³-hybridized carbons (Fsp3) is 1.00. The maximum Gasteiger partial charge on any atom is 0.154 e. The van der Waals surface area contributed by atoms with E-state index in [0.717, 1.165) is 25.8 Å². The molecule has 1 heterocycles. The molecule has 0 bridgehead atoms. The van der Waals surface area contributed by atoms with Crippen molar-refractivity contribution in [2.24, 2.45) is 0 Å². The van der Waals surface area contributed by atoms with Crippen LogP contribution in [-0.4, -0.2) is 45.2 Å². The molecule has 0 aromatic rings. The molecule has 0 aromatic heterocycles. The van der Waals surface area contributed by atoms with E-state index in [1.54, 1.807) is 7.11 Å². The van der Waals surface area contributed by atoms with Gasteiger partial charge in [-0.3, -0.25) is 0 Å². The Bertz CT molecular complexity index is 311. The summed E-state index contributed by atoms with van der Waals surface area (Å²) < 4.78 is 28.4. The average Bonchev–Trinajstić information content (AvgIpc) is 2.53. The normalized spacial score (nSPS) is 24.8. The standard InChI is InChI=1S/C11H23NO3S/c1-11(2,15-3)6-7-12-9-10-5-4-8-16(10,13)14/h10,12H,4-9H2,1-3H3. The van der Waals surface area contributed by atoms with Crippen molar-refractivity contribution < 1.29 is 13.2 Å². The van der Waals surface area contributed by atoms with Crippen LogP contribution in [0.3, 0.4) is 0 Å². The lowest BCUT2D eigenvalue weighted by molar-refractivity contribution is 0.0159. The van der Waals surface area contributed by atoms with Gasteiger partial charge in [-0.05, 0) is 39.7 Å². The minimum absolute atomic E-state index is 0.137. The summed E-state index contributed by atoms with van der Waals surface area (Å²) in [7, 11) is -1.11. The summed E-state index contributed by atoms with van der Waals surface area (Å²) in [5.41, 5.74) is -0.137. The highest BCUT2D eigenvalue weighted by molar-refractivity contribution is 7.92. The van der Waals surface area contributed by atoms with Gasteiger partial charge in [0, 0.05) is 13.7 Å². The van der Waals surface area contributed by atoms with Gasteiger partial charge in [0.1, 0.15) is 0 Å². The predicted molar refractivity (Wildman–Crippen MR) is 65.4 cm³/mol. The van der Waals surface area contributed by atoms with E-state index in [1.807, 2.05) is 13.8 Å². The summed E-state index contributed by atoms with van der Waals surface area (Å²) in [6, 6.07) is 0. The van der Waals surface area contributed by atoms with Gasteiger partial charge in [0.2, 0.25) is 0 Å². The molecule has 1 aliphatic heterocycles. The molecule has 0 spiro atoms. The zero-order valence-corrected chi connectivity index (χ0v) is 11.3. The first kappa shape index (κ1) is 13.9. The van der Waals surface area contributed by atoms with Crippen LogP contribution >= 0.6 is 0 Å². The second-order valence-electron chi connectivity index (χ2n) is 5.05. The summed E-state index contributed by atoms with van der Waals surface area (Å²) >= 11 is 0.